The molecule has 74 valence electrons. The van der Waals surface area contributed by atoms with Gasteiger partial charge in [-0.2, -0.15) is 4.98 Å². The molecule has 0 atom stereocenters. The second-order valence-electron chi connectivity index (χ2n) is 3.74. The Bertz CT molecular complexity index is 265. The quantitative estimate of drug-likeness (QED) is 0.683. The van der Waals surface area contributed by atoms with Crippen LogP contribution in [0.5, 0.6) is 0 Å². The normalized spacial score (nSPS) is 12.0. The van der Waals surface area contributed by atoms with Gasteiger partial charge in [0.1, 0.15) is 0 Å². The lowest BCUT2D eigenvalue weighted by molar-refractivity contribution is 0.292. The molecule has 0 aromatic carbocycles. The molecule has 13 heavy (non-hydrogen) atoms. The van der Waals surface area contributed by atoms with E-state index in [0.29, 0.717) is 24.6 Å². The molecule has 0 bridgehead atoms. The number of aliphatic hydroxyl groups excluding tert-OH is 1. The SMILES string of the molecule is CC(C)(N)Cc1nc(CCO)no1. The molecule has 0 aliphatic heterocycles. The minimum Gasteiger partial charge on any atom is -0.396 e. The molecular formula is C8H15N3O2. The number of nitrogens with two attached hydrogens (primary N) is 1. The zero-order valence-electron chi connectivity index (χ0n) is 7.95. The van der Waals surface area contributed by atoms with Gasteiger partial charge in [-0.1, -0.05) is 5.16 Å². The molecular weight excluding hydrogens is 170 g/mol. The summed E-state index contributed by atoms with van der Waals surface area (Å²) in [6, 6.07) is 0. The van der Waals surface area contributed by atoms with Crippen molar-refractivity contribution in [3.05, 3.63) is 11.7 Å². The van der Waals surface area contributed by atoms with E-state index >= 15 is 0 Å². The maximum Gasteiger partial charge on any atom is 0.228 e. The molecule has 3 N–H and O–H groups in total. The molecule has 0 unspecified atom stereocenters. The summed E-state index contributed by atoms with van der Waals surface area (Å²) in [5.41, 5.74) is 5.43. The molecule has 0 saturated heterocycles. The number of aromatic nitrogens is 2. The second-order valence-corrected chi connectivity index (χ2v) is 3.74. The zero-order chi connectivity index (χ0) is 9.90. The van der Waals surface area contributed by atoms with E-state index < -0.39 is 0 Å². The van der Waals surface area contributed by atoms with Crippen molar-refractivity contribution in [2.45, 2.75) is 32.2 Å². The third-order valence-corrected chi connectivity index (χ3v) is 1.45. The van der Waals surface area contributed by atoms with Crippen LogP contribution in [0.1, 0.15) is 25.6 Å². The monoisotopic (exact) mass is 185 g/mol. The van der Waals surface area contributed by atoms with E-state index in [2.05, 4.69) is 10.1 Å². The predicted molar refractivity (Wildman–Crippen MR) is 47.1 cm³/mol. The Kier molecular flexibility index (Phi) is 3.00. The summed E-state index contributed by atoms with van der Waals surface area (Å²) in [4.78, 5) is 4.07. The summed E-state index contributed by atoms with van der Waals surface area (Å²) in [6.45, 7) is 3.82. The Morgan fingerprint density at radius 2 is 2.23 bits per heavy atom. The first-order valence-corrected chi connectivity index (χ1v) is 4.22. The van der Waals surface area contributed by atoms with E-state index in [1.54, 1.807) is 0 Å². The first kappa shape index (κ1) is 10.1. The molecule has 1 aromatic heterocycles. The maximum absolute atomic E-state index is 8.62. The van der Waals surface area contributed by atoms with Crippen LogP contribution in [0.2, 0.25) is 0 Å². The smallest absolute Gasteiger partial charge is 0.228 e. The van der Waals surface area contributed by atoms with E-state index in [-0.39, 0.29) is 12.1 Å². The lowest BCUT2D eigenvalue weighted by Gasteiger charge is -2.14. The molecule has 1 rings (SSSR count). The fourth-order valence-electron chi connectivity index (χ4n) is 0.953. The molecule has 5 nitrogen and oxygen atoms in total. The maximum atomic E-state index is 8.62. The Hall–Kier alpha value is -0.940. The van der Waals surface area contributed by atoms with Gasteiger partial charge in [-0.15, -0.1) is 0 Å². The van der Waals surface area contributed by atoms with Gasteiger partial charge < -0.3 is 15.4 Å². The number of nitrogens with zero attached hydrogens (tertiary/aromatic N) is 2. The largest absolute Gasteiger partial charge is 0.396 e. The predicted octanol–water partition coefficient (Wildman–Crippen LogP) is -0.116. The fraction of sp³-hybridized carbons (Fsp3) is 0.750. The van der Waals surface area contributed by atoms with Crippen molar-refractivity contribution < 1.29 is 9.63 Å². The molecule has 0 fully saturated rings. The van der Waals surface area contributed by atoms with Gasteiger partial charge in [-0.25, -0.2) is 0 Å². The van der Waals surface area contributed by atoms with Gasteiger partial charge in [-0.3, -0.25) is 0 Å². The van der Waals surface area contributed by atoms with E-state index in [0.717, 1.165) is 0 Å². The van der Waals surface area contributed by atoms with Gasteiger partial charge in [0.25, 0.3) is 0 Å². The molecule has 1 heterocycles. The standard InChI is InChI=1S/C8H15N3O2/c1-8(2,9)5-7-10-6(3-4-12)11-13-7/h12H,3-5,9H2,1-2H3. The van der Waals surface area contributed by atoms with Gasteiger partial charge in [0.15, 0.2) is 5.82 Å². The molecule has 0 aliphatic carbocycles. The van der Waals surface area contributed by atoms with E-state index in [4.69, 9.17) is 15.4 Å². The van der Waals surface area contributed by atoms with Crippen LogP contribution in [0.4, 0.5) is 0 Å². The minimum absolute atomic E-state index is 0.0327. The summed E-state index contributed by atoms with van der Waals surface area (Å²) < 4.78 is 4.94. The molecule has 0 spiro atoms. The van der Waals surface area contributed by atoms with Crippen LogP contribution >= 0.6 is 0 Å². The summed E-state index contributed by atoms with van der Waals surface area (Å²) in [7, 11) is 0. The third kappa shape index (κ3) is 3.52. The minimum atomic E-state index is -0.344. The van der Waals surface area contributed by atoms with Crippen LogP contribution in [0.3, 0.4) is 0 Å². The number of hydrogen-bond acceptors (Lipinski definition) is 5. The average molecular weight is 185 g/mol. The molecule has 0 amide bonds. The van der Waals surface area contributed by atoms with Crippen molar-refractivity contribution in [3.63, 3.8) is 0 Å². The van der Waals surface area contributed by atoms with Crippen LogP contribution in [-0.2, 0) is 12.8 Å². The average Bonchev–Trinajstić information content (AvgIpc) is 2.33. The zero-order valence-corrected chi connectivity index (χ0v) is 7.95. The van der Waals surface area contributed by atoms with Crippen molar-refractivity contribution in [2.24, 2.45) is 5.73 Å². The van der Waals surface area contributed by atoms with E-state index in [9.17, 15) is 0 Å². The van der Waals surface area contributed by atoms with Crippen LogP contribution in [0, 0.1) is 0 Å². The van der Waals surface area contributed by atoms with E-state index in [1.807, 2.05) is 13.8 Å². The van der Waals surface area contributed by atoms with Crippen molar-refractivity contribution in [3.8, 4) is 0 Å². The highest BCUT2D eigenvalue weighted by Gasteiger charge is 2.16. The van der Waals surface area contributed by atoms with E-state index in [1.165, 1.54) is 0 Å². The molecule has 0 radical (unpaired) electrons. The van der Waals surface area contributed by atoms with Gasteiger partial charge >= 0.3 is 0 Å². The van der Waals surface area contributed by atoms with Crippen molar-refractivity contribution in [2.75, 3.05) is 6.61 Å². The molecule has 0 saturated carbocycles. The summed E-state index contributed by atoms with van der Waals surface area (Å²) in [5, 5.41) is 12.3. The van der Waals surface area contributed by atoms with Crippen molar-refractivity contribution in [1.29, 1.82) is 0 Å². The highest BCUT2D eigenvalue weighted by atomic mass is 16.5. The van der Waals surface area contributed by atoms with Gasteiger partial charge in [0.2, 0.25) is 5.89 Å². The lowest BCUT2D eigenvalue weighted by atomic mass is 10.0. The van der Waals surface area contributed by atoms with Crippen LogP contribution in [0.15, 0.2) is 4.52 Å². The van der Waals surface area contributed by atoms with Crippen LogP contribution in [-0.4, -0.2) is 27.4 Å². The highest BCUT2D eigenvalue weighted by Crippen LogP contribution is 2.07. The summed E-state index contributed by atoms with van der Waals surface area (Å²) >= 11 is 0. The van der Waals surface area contributed by atoms with Gasteiger partial charge in [0.05, 0.1) is 6.61 Å². The number of rotatable bonds is 4. The Morgan fingerprint density at radius 3 is 2.77 bits per heavy atom. The van der Waals surface area contributed by atoms with Gasteiger partial charge in [-0.05, 0) is 13.8 Å². The Morgan fingerprint density at radius 1 is 1.54 bits per heavy atom. The van der Waals surface area contributed by atoms with Crippen molar-refractivity contribution in [1.82, 2.24) is 10.1 Å². The molecule has 0 aliphatic rings. The topological polar surface area (TPSA) is 85.2 Å². The van der Waals surface area contributed by atoms with Crippen LogP contribution < -0.4 is 5.73 Å². The molecule has 5 heteroatoms. The second kappa shape index (κ2) is 3.85. The first-order chi connectivity index (χ1) is 6.01. The Balaban J connectivity index is 2.59. The highest BCUT2D eigenvalue weighted by molar-refractivity contribution is 4.92. The lowest BCUT2D eigenvalue weighted by Crippen LogP contribution is -2.34. The van der Waals surface area contributed by atoms with Crippen LogP contribution in [0.25, 0.3) is 0 Å². The number of aliphatic hydroxyl groups is 1. The van der Waals surface area contributed by atoms with Crippen molar-refractivity contribution >= 4 is 0 Å². The fourth-order valence-corrected chi connectivity index (χ4v) is 0.953. The first-order valence-electron chi connectivity index (χ1n) is 4.22. The summed E-state index contributed by atoms with van der Waals surface area (Å²) in [6.07, 6.45) is 0.972. The number of hydrogen-bond donors (Lipinski definition) is 2. The third-order valence-electron chi connectivity index (χ3n) is 1.45. The molecule has 1 aromatic rings. The summed E-state index contributed by atoms with van der Waals surface area (Å²) in [5.74, 6) is 1.05. The van der Waals surface area contributed by atoms with Gasteiger partial charge in [0, 0.05) is 18.4 Å². The Labute approximate surface area is 76.9 Å².